The Morgan fingerprint density at radius 1 is 1.00 bits per heavy atom. The van der Waals surface area contributed by atoms with Crippen LogP contribution in [0.15, 0.2) is 0 Å². The second-order valence-corrected chi connectivity index (χ2v) is 7.90. The Morgan fingerprint density at radius 3 is 1.93 bits per heavy atom. The zero-order valence-corrected chi connectivity index (χ0v) is 13.0. The number of alkyl halides is 2. The Hall–Kier alpha value is 0.630. The third kappa shape index (κ3) is 8.44. The molecule has 0 aliphatic carbocycles. The summed E-state index contributed by atoms with van der Waals surface area (Å²) in [5.41, 5.74) is 0. The van der Waals surface area contributed by atoms with Gasteiger partial charge in [-0.05, 0) is 13.3 Å². The first-order valence-corrected chi connectivity index (χ1v) is 7.48. The van der Waals surface area contributed by atoms with Crippen LogP contribution < -0.4 is 0 Å². The highest BCUT2D eigenvalue weighted by molar-refractivity contribution is 9.25. The van der Waals surface area contributed by atoms with Crippen molar-refractivity contribution in [3.8, 4) is 0 Å². The predicted octanol–water partition coefficient (Wildman–Crippen LogP) is 5.20. The van der Waals surface area contributed by atoms with Gasteiger partial charge >= 0.3 is 0 Å². The summed E-state index contributed by atoms with van der Waals surface area (Å²) in [5.74, 6) is 0.161. The average Bonchev–Trinajstić information content (AvgIpc) is 2.16. The van der Waals surface area contributed by atoms with E-state index in [2.05, 4.69) is 38.8 Å². The quantitative estimate of drug-likeness (QED) is 0.416. The smallest absolute Gasteiger partial charge is 0.157 e. The summed E-state index contributed by atoms with van der Waals surface area (Å²) in [7, 11) is 0. The molecule has 0 atom stereocenters. The molecule has 0 radical (unpaired) electrons. The molecule has 15 heavy (non-hydrogen) atoms. The lowest BCUT2D eigenvalue weighted by Gasteiger charge is -2.16. The third-order valence-electron chi connectivity index (χ3n) is 2.61. The number of carbonyl (C=O) groups is 1. The van der Waals surface area contributed by atoms with Crippen molar-refractivity contribution in [2.45, 2.75) is 68.4 Å². The molecule has 0 bridgehead atoms. The highest BCUT2D eigenvalue weighted by Crippen LogP contribution is 2.33. The van der Waals surface area contributed by atoms with E-state index in [9.17, 15) is 4.79 Å². The van der Waals surface area contributed by atoms with E-state index in [1.165, 1.54) is 38.5 Å². The predicted molar refractivity (Wildman–Crippen MR) is 73.9 cm³/mol. The minimum absolute atomic E-state index is 0.161. The molecule has 0 spiro atoms. The summed E-state index contributed by atoms with van der Waals surface area (Å²) < 4.78 is -0.469. The maximum atomic E-state index is 11.2. The molecule has 0 aliphatic rings. The number of unbranched alkanes of at least 4 members (excludes halogenated alkanes) is 6. The van der Waals surface area contributed by atoms with Gasteiger partial charge in [0.2, 0.25) is 0 Å². The standard InChI is InChI=1S/C12H22Br2O/c1-3-4-5-6-7-8-9-10-12(13,14)11(2)15/h3-10H2,1-2H3. The molecule has 0 amide bonds. The molecule has 90 valence electrons. The second-order valence-electron chi connectivity index (χ2n) is 4.13. The van der Waals surface area contributed by atoms with Gasteiger partial charge in [0.15, 0.2) is 5.78 Å². The van der Waals surface area contributed by atoms with E-state index in [1.54, 1.807) is 6.92 Å². The number of ketones is 1. The molecular formula is C12H22Br2O. The van der Waals surface area contributed by atoms with E-state index in [0.29, 0.717) is 0 Å². The van der Waals surface area contributed by atoms with E-state index < -0.39 is 3.23 Å². The molecule has 3 heteroatoms. The molecule has 0 heterocycles. The SMILES string of the molecule is CCCCCCCCCC(Br)(Br)C(C)=O. The number of hydrogen-bond donors (Lipinski definition) is 0. The van der Waals surface area contributed by atoms with Crippen molar-refractivity contribution in [2.75, 3.05) is 0 Å². The van der Waals surface area contributed by atoms with Crippen LogP contribution in [-0.4, -0.2) is 9.02 Å². The lowest BCUT2D eigenvalue weighted by Crippen LogP contribution is -2.21. The van der Waals surface area contributed by atoms with Crippen LogP contribution in [0.25, 0.3) is 0 Å². The molecular weight excluding hydrogens is 320 g/mol. The lowest BCUT2D eigenvalue weighted by atomic mass is 10.1. The Balaban J connectivity index is 3.35. The van der Waals surface area contributed by atoms with Crippen LogP contribution in [0.3, 0.4) is 0 Å². The molecule has 0 aromatic heterocycles. The molecule has 0 saturated carbocycles. The fourth-order valence-electron chi connectivity index (χ4n) is 1.48. The first-order chi connectivity index (χ1) is 7.00. The van der Waals surface area contributed by atoms with Gasteiger partial charge in [0.05, 0.1) is 0 Å². The van der Waals surface area contributed by atoms with Crippen molar-refractivity contribution in [2.24, 2.45) is 0 Å². The van der Waals surface area contributed by atoms with Gasteiger partial charge in [0.1, 0.15) is 3.23 Å². The van der Waals surface area contributed by atoms with Gasteiger partial charge in [-0.3, -0.25) is 4.79 Å². The number of Topliss-reactive ketones (excluding diaryl/α,β-unsaturated/α-hetero) is 1. The molecule has 0 aliphatic heterocycles. The van der Waals surface area contributed by atoms with Gasteiger partial charge in [0.25, 0.3) is 0 Å². The van der Waals surface area contributed by atoms with Crippen molar-refractivity contribution in [1.82, 2.24) is 0 Å². The maximum Gasteiger partial charge on any atom is 0.157 e. The molecule has 0 aromatic rings. The molecule has 0 N–H and O–H groups in total. The lowest BCUT2D eigenvalue weighted by molar-refractivity contribution is -0.117. The van der Waals surface area contributed by atoms with Gasteiger partial charge in [0, 0.05) is 0 Å². The number of carbonyl (C=O) groups excluding carboxylic acids is 1. The normalized spacial score (nSPS) is 11.7. The molecule has 0 saturated heterocycles. The van der Waals surface area contributed by atoms with Gasteiger partial charge < -0.3 is 0 Å². The van der Waals surface area contributed by atoms with E-state index in [1.807, 2.05) is 0 Å². The van der Waals surface area contributed by atoms with E-state index in [-0.39, 0.29) is 5.78 Å². The summed E-state index contributed by atoms with van der Waals surface area (Å²) in [6, 6.07) is 0. The van der Waals surface area contributed by atoms with Gasteiger partial charge in [-0.2, -0.15) is 0 Å². The van der Waals surface area contributed by atoms with Crippen LogP contribution in [0.1, 0.15) is 65.2 Å². The fraction of sp³-hybridized carbons (Fsp3) is 0.917. The van der Waals surface area contributed by atoms with Crippen LogP contribution in [0.2, 0.25) is 0 Å². The van der Waals surface area contributed by atoms with Crippen molar-refractivity contribution >= 4 is 37.6 Å². The largest absolute Gasteiger partial charge is 0.297 e. The zero-order chi connectivity index (χ0) is 11.7. The Kier molecular flexibility index (Phi) is 9.11. The summed E-state index contributed by atoms with van der Waals surface area (Å²) in [6.45, 7) is 3.85. The Labute approximate surface area is 111 Å². The van der Waals surface area contributed by atoms with Crippen LogP contribution in [0, 0.1) is 0 Å². The minimum Gasteiger partial charge on any atom is -0.297 e. The van der Waals surface area contributed by atoms with E-state index in [0.717, 1.165) is 12.8 Å². The van der Waals surface area contributed by atoms with Crippen LogP contribution in [-0.2, 0) is 4.79 Å². The zero-order valence-electron chi connectivity index (χ0n) is 9.82. The average molecular weight is 342 g/mol. The van der Waals surface area contributed by atoms with Gasteiger partial charge in [-0.15, -0.1) is 0 Å². The minimum atomic E-state index is -0.469. The highest BCUT2D eigenvalue weighted by atomic mass is 79.9. The number of hydrogen-bond acceptors (Lipinski definition) is 1. The fourth-order valence-corrected chi connectivity index (χ4v) is 2.04. The molecule has 0 fully saturated rings. The molecule has 0 unspecified atom stereocenters. The molecule has 0 rings (SSSR count). The Morgan fingerprint density at radius 2 is 1.47 bits per heavy atom. The van der Waals surface area contributed by atoms with Crippen LogP contribution >= 0.6 is 31.9 Å². The monoisotopic (exact) mass is 340 g/mol. The first-order valence-electron chi connectivity index (χ1n) is 5.89. The Bertz CT molecular complexity index is 178. The summed E-state index contributed by atoms with van der Waals surface area (Å²) in [5, 5.41) is 0. The van der Waals surface area contributed by atoms with Crippen LogP contribution in [0.5, 0.6) is 0 Å². The summed E-state index contributed by atoms with van der Waals surface area (Å²) in [4.78, 5) is 11.2. The number of rotatable bonds is 9. The second kappa shape index (κ2) is 8.74. The van der Waals surface area contributed by atoms with E-state index >= 15 is 0 Å². The highest BCUT2D eigenvalue weighted by Gasteiger charge is 2.27. The van der Waals surface area contributed by atoms with Crippen molar-refractivity contribution in [1.29, 1.82) is 0 Å². The summed E-state index contributed by atoms with van der Waals surface area (Å²) >= 11 is 6.82. The maximum absolute atomic E-state index is 11.2. The van der Waals surface area contributed by atoms with Crippen LogP contribution in [0.4, 0.5) is 0 Å². The van der Waals surface area contributed by atoms with Crippen molar-refractivity contribution in [3.63, 3.8) is 0 Å². The van der Waals surface area contributed by atoms with Crippen molar-refractivity contribution in [3.05, 3.63) is 0 Å². The van der Waals surface area contributed by atoms with Gasteiger partial charge in [-0.25, -0.2) is 0 Å². The van der Waals surface area contributed by atoms with E-state index in [4.69, 9.17) is 0 Å². The molecule has 0 aromatic carbocycles. The number of halogens is 2. The van der Waals surface area contributed by atoms with Crippen molar-refractivity contribution < 1.29 is 4.79 Å². The summed E-state index contributed by atoms with van der Waals surface area (Å²) in [6.07, 6.45) is 9.88. The molecule has 1 nitrogen and oxygen atoms in total. The third-order valence-corrected chi connectivity index (χ3v) is 4.52. The van der Waals surface area contributed by atoms with Gasteiger partial charge in [-0.1, -0.05) is 83.7 Å². The first kappa shape index (κ1) is 15.6. The topological polar surface area (TPSA) is 17.1 Å².